The molecule has 0 amide bonds. The van der Waals surface area contributed by atoms with Crippen molar-refractivity contribution in [3.8, 4) is 5.75 Å². The molecule has 2 N–H and O–H groups in total. The molecule has 0 radical (unpaired) electrons. The minimum absolute atomic E-state index is 0.629. The molecule has 8 nitrogen and oxygen atoms in total. The van der Waals surface area contributed by atoms with E-state index in [9.17, 15) is 5.11 Å². The number of ether oxygens (including phenoxy) is 1. The number of nitrogens with zero attached hydrogens (tertiary/aromatic N) is 4. The summed E-state index contributed by atoms with van der Waals surface area (Å²) in [4.78, 5) is 14.2. The average molecular weight is 445 g/mol. The van der Waals surface area contributed by atoms with Crippen molar-refractivity contribution in [2.75, 3.05) is 7.11 Å². The van der Waals surface area contributed by atoms with Gasteiger partial charge in [-0.15, -0.1) is 10.2 Å². The molecular formula is C22H28N4O4S. The number of carbonyl (C=O) groups is 1. The molecule has 31 heavy (non-hydrogen) atoms. The molecule has 1 aliphatic carbocycles. The van der Waals surface area contributed by atoms with Crippen LogP contribution in [0.5, 0.6) is 5.75 Å². The number of thiazole rings is 1. The van der Waals surface area contributed by atoms with Crippen LogP contribution in [0, 0.1) is 0 Å². The Morgan fingerprint density at radius 3 is 2.48 bits per heavy atom. The molecule has 0 fully saturated rings. The van der Waals surface area contributed by atoms with Crippen molar-refractivity contribution < 1.29 is 19.7 Å². The monoisotopic (exact) mass is 444 g/mol. The first kappa shape index (κ1) is 24.2. The lowest BCUT2D eigenvalue weighted by Crippen LogP contribution is -2.23. The molecule has 0 spiro atoms. The lowest BCUT2D eigenvalue weighted by molar-refractivity contribution is -0.134. The van der Waals surface area contributed by atoms with Crippen LogP contribution in [-0.4, -0.2) is 45.0 Å². The third kappa shape index (κ3) is 7.01. The molecule has 0 saturated carbocycles. The number of methoxy groups -OCH3 is 1. The van der Waals surface area contributed by atoms with Gasteiger partial charge in [-0.1, -0.05) is 24.3 Å². The highest BCUT2D eigenvalue weighted by Gasteiger charge is 2.16. The summed E-state index contributed by atoms with van der Waals surface area (Å²) in [7, 11) is 3.62. The maximum absolute atomic E-state index is 10.1. The number of benzene rings is 1. The highest BCUT2D eigenvalue weighted by Crippen LogP contribution is 2.22. The first-order valence-electron chi connectivity index (χ1n) is 9.70. The number of aliphatic hydroxyl groups is 1. The van der Waals surface area contributed by atoms with Crippen molar-refractivity contribution in [2.24, 2.45) is 22.2 Å². The van der Waals surface area contributed by atoms with Gasteiger partial charge in [-0.05, 0) is 56.2 Å². The van der Waals surface area contributed by atoms with Crippen molar-refractivity contribution in [1.29, 1.82) is 0 Å². The Bertz CT molecular complexity index is 1140. The van der Waals surface area contributed by atoms with Gasteiger partial charge < -0.3 is 19.5 Å². The highest BCUT2D eigenvalue weighted by molar-refractivity contribution is 7.16. The van der Waals surface area contributed by atoms with Crippen molar-refractivity contribution >= 4 is 38.9 Å². The summed E-state index contributed by atoms with van der Waals surface area (Å²) in [5, 5.41) is 26.3. The fourth-order valence-electron chi connectivity index (χ4n) is 2.69. The molecule has 1 aromatic carbocycles. The van der Waals surface area contributed by atoms with E-state index in [1.54, 1.807) is 32.3 Å². The predicted octanol–water partition coefficient (Wildman–Crippen LogP) is 3.67. The number of carboxylic acid groups (broad SMARTS) is 1. The summed E-state index contributed by atoms with van der Waals surface area (Å²) in [6.45, 7) is 6.45. The number of hydrogen-bond acceptors (Lipinski definition) is 7. The molecule has 3 rings (SSSR count). The molecule has 1 aromatic heterocycles. The van der Waals surface area contributed by atoms with E-state index in [-0.39, 0.29) is 0 Å². The van der Waals surface area contributed by atoms with Crippen molar-refractivity contribution in [2.45, 2.75) is 39.8 Å². The predicted molar refractivity (Wildman–Crippen MR) is 125 cm³/mol. The van der Waals surface area contributed by atoms with Crippen LogP contribution in [-0.2, 0) is 11.8 Å². The van der Waals surface area contributed by atoms with E-state index in [0.717, 1.165) is 39.7 Å². The minimum atomic E-state index is -1.17. The van der Waals surface area contributed by atoms with E-state index in [0.29, 0.717) is 11.4 Å². The number of rotatable bonds is 4. The standard InChI is InChI=1S/C20H24N4O2S.C2H4O2/c1-6-13-7-9-15(16(11-13)21-20(2,3)25)22-23-19-24(4)17-10-8-14(26-5)12-18(17)27-19;1-2(3)4/h7-12,25H,6H2,1-5H3;1H3,(H,3,4). The van der Waals surface area contributed by atoms with Gasteiger partial charge in [0.05, 0.1) is 23.0 Å². The Morgan fingerprint density at radius 2 is 1.90 bits per heavy atom. The fourth-order valence-corrected chi connectivity index (χ4v) is 3.69. The van der Waals surface area contributed by atoms with E-state index in [2.05, 4.69) is 22.1 Å². The molecular weight excluding hydrogens is 416 g/mol. The minimum Gasteiger partial charge on any atom is -0.497 e. The van der Waals surface area contributed by atoms with E-state index in [1.807, 2.05) is 48.0 Å². The lowest BCUT2D eigenvalue weighted by atomic mass is 10.0. The molecule has 166 valence electrons. The van der Waals surface area contributed by atoms with Crippen LogP contribution in [0.3, 0.4) is 0 Å². The SMILES string of the molecule is CC(=O)O.CCC1=CC(=NC(C)(C)O)C(=NN=c2sc3cc(OC)ccc3n2C)C=C1. The summed E-state index contributed by atoms with van der Waals surface area (Å²) < 4.78 is 8.37. The average Bonchev–Trinajstić information content (AvgIpc) is 3.00. The number of hydrogen-bond donors (Lipinski definition) is 2. The Labute approximate surface area is 185 Å². The van der Waals surface area contributed by atoms with Crippen LogP contribution in [0.4, 0.5) is 0 Å². The number of aryl methyl sites for hydroxylation is 1. The molecule has 0 saturated heterocycles. The Morgan fingerprint density at radius 1 is 1.23 bits per heavy atom. The van der Waals surface area contributed by atoms with Gasteiger partial charge in [0.2, 0.25) is 4.80 Å². The van der Waals surface area contributed by atoms with Crippen LogP contribution in [0.25, 0.3) is 10.2 Å². The number of aromatic nitrogens is 1. The van der Waals surface area contributed by atoms with Gasteiger partial charge in [-0.2, -0.15) is 0 Å². The number of carboxylic acids is 1. The number of fused-ring (bicyclic) bond motifs is 1. The van der Waals surface area contributed by atoms with Gasteiger partial charge in [0.15, 0.2) is 5.72 Å². The zero-order chi connectivity index (χ0) is 23.2. The second-order valence-electron chi connectivity index (χ2n) is 7.28. The van der Waals surface area contributed by atoms with Crippen LogP contribution in [0.2, 0.25) is 0 Å². The molecule has 0 bridgehead atoms. The van der Waals surface area contributed by atoms with Gasteiger partial charge in [-0.3, -0.25) is 4.79 Å². The van der Waals surface area contributed by atoms with Crippen molar-refractivity contribution in [3.05, 3.63) is 46.8 Å². The van der Waals surface area contributed by atoms with E-state index in [4.69, 9.17) is 14.6 Å². The van der Waals surface area contributed by atoms with E-state index in [1.165, 1.54) is 0 Å². The van der Waals surface area contributed by atoms with Gasteiger partial charge in [0.1, 0.15) is 11.5 Å². The maximum Gasteiger partial charge on any atom is 0.300 e. The molecule has 0 aliphatic heterocycles. The van der Waals surface area contributed by atoms with Crippen molar-refractivity contribution in [3.63, 3.8) is 0 Å². The topological polar surface area (TPSA) is 109 Å². The summed E-state index contributed by atoms with van der Waals surface area (Å²) in [5.41, 5.74) is 2.30. The third-order valence-electron chi connectivity index (χ3n) is 4.10. The zero-order valence-electron chi connectivity index (χ0n) is 18.6. The second kappa shape index (κ2) is 10.3. The fraction of sp³-hybridized carbons (Fsp3) is 0.364. The summed E-state index contributed by atoms with van der Waals surface area (Å²) in [5.74, 6) is -0.0192. The zero-order valence-corrected chi connectivity index (χ0v) is 19.4. The first-order chi connectivity index (χ1) is 14.5. The smallest absolute Gasteiger partial charge is 0.300 e. The number of aliphatic imine (C=N–C) groups is 1. The first-order valence-corrected chi connectivity index (χ1v) is 10.5. The van der Waals surface area contributed by atoms with Crippen LogP contribution >= 0.6 is 11.3 Å². The van der Waals surface area contributed by atoms with Gasteiger partial charge in [0.25, 0.3) is 5.97 Å². The van der Waals surface area contributed by atoms with Gasteiger partial charge in [0, 0.05) is 14.0 Å². The van der Waals surface area contributed by atoms with E-state index >= 15 is 0 Å². The molecule has 9 heteroatoms. The molecule has 0 unspecified atom stereocenters. The van der Waals surface area contributed by atoms with Crippen LogP contribution < -0.4 is 9.54 Å². The maximum atomic E-state index is 10.1. The normalized spacial score (nSPS) is 17.0. The van der Waals surface area contributed by atoms with Gasteiger partial charge >= 0.3 is 0 Å². The largest absolute Gasteiger partial charge is 0.497 e. The second-order valence-corrected chi connectivity index (χ2v) is 8.29. The summed E-state index contributed by atoms with van der Waals surface area (Å²) in [6.07, 6.45) is 6.73. The molecule has 1 aliphatic rings. The van der Waals surface area contributed by atoms with Crippen LogP contribution in [0.1, 0.15) is 34.1 Å². The highest BCUT2D eigenvalue weighted by atomic mass is 32.1. The summed E-state index contributed by atoms with van der Waals surface area (Å²) in [6, 6.07) is 5.93. The Kier molecular flexibility index (Phi) is 8.07. The third-order valence-corrected chi connectivity index (χ3v) is 5.19. The Balaban J connectivity index is 0.000000785. The molecule has 2 aromatic rings. The molecule has 0 atom stereocenters. The number of allylic oxidation sites excluding steroid dienone is 4. The quantitative estimate of drug-likeness (QED) is 0.554. The van der Waals surface area contributed by atoms with E-state index < -0.39 is 11.7 Å². The van der Waals surface area contributed by atoms with Crippen molar-refractivity contribution in [1.82, 2.24) is 4.57 Å². The van der Waals surface area contributed by atoms with Gasteiger partial charge in [-0.25, -0.2) is 4.99 Å². The summed E-state index contributed by atoms with van der Waals surface area (Å²) >= 11 is 1.54. The van der Waals surface area contributed by atoms with Crippen LogP contribution in [0.15, 0.2) is 57.2 Å². The Hall–Kier alpha value is -3.04. The lowest BCUT2D eigenvalue weighted by Gasteiger charge is -2.15. The number of aliphatic carboxylic acids is 1. The molecule has 1 heterocycles.